The topological polar surface area (TPSA) is 81.8 Å². The number of hydrogen-bond acceptors (Lipinski definition) is 4. The lowest BCUT2D eigenvalue weighted by Gasteiger charge is -2.13. The maximum Gasteiger partial charge on any atom is 0.284 e. The number of carbonyl (C=O) groups is 1. The molecule has 0 aliphatic carbocycles. The zero-order valence-corrected chi connectivity index (χ0v) is 16.1. The van der Waals surface area contributed by atoms with Crippen LogP contribution in [0.3, 0.4) is 0 Å². The first-order valence-electron chi connectivity index (χ1n) is 8.59. The molecule has 1 aromatic carbocycles. The molecular formula is C19H20ClN5O2. The largest absolute Gasteiger partial charge is 0.349 e. The average Bonchev–Trinajstić information content (AvgIpc) is 3.08. The summed E-state index contributed by atoms with van der Waals surface area (Å²) in [7, 11) is 1.74. The van der Waals surface area contributed by atoms with E-state index in [1.54, 1.807) is 42.2 Å². The molecule has 140 valence electrons. The first-order valence-corrected chi connectivity index (χ1v) is 8.97. The SMILES string of the molecule is CC[C@H](C)NC(=O)c1cc(-c2ccc(Cl)cc2)nn(-c2cnn(C)c2)c1=O. The van der Waals surface area contributed by atoms with Gasteiger partial charge >= 0.3 is 0 Å². The molecule has 0 fully saturated rings. The van der Waals surface area contributed by atoms with Crippen molar-refractivity contribution in [2.24, 2.45) is 7.05 Å². The van der Waals surface area contributed by atoms with Crippen molar-refractivity contribution in [1.29, 1.82) is 0 Å². The molecule has 3 rings (SSSR count). The number of aryl methyl sites for hydroxylation is 1. The summed E-state index contributed by atoms with van der Waals surface area (Å²) in [6.07, 6.45) is 3.95. The third-order valence-electron chi connectivity index (χ3n) is 4.22. The van der Waals surface area contributed by atoms with Crippen LogP contribution < -0.4 is 10.9 Å². The molecule has 2 heterocycles. The predicted octanol–water partition coefficient (Wildman–Crippen LogP) is 2.81. The molecule has 0 aliphatic heterocycles. The van der Waals surface area contributed by atoms with Crippen LogP contribution in [0.25, 0.3) is 16.9 Å². The molecule has 7 nitrogen and oxygen atoms in total. The molecule has 8 heteroatoms. The Bertz CT molecular complexity index is 1020. The molecule has 27 heavy (non-hydrogen) atoms. The minimum Gasteiger partial charge on any atom is -0.349 e. The first kappa shape index (κ1) is 18.8. The number of nitrogens with one attached hydrogen (secondary N) is 1. The fraction of sp³-hybridized carbons (Fsp3) is 0.263. The van der Waals surface area contributed by atoms with Crippen molar-refractivity contribution in [2.45, 2.75) is 26.3 Å². The van der Waals surface area contributed by atoms with Crippen LogP contribution in [0.5, 0.6) is 0 Å². The van der Waals surface area contributed by atoms with Gasteiger partial charge in [-0.15, -0.1) is 0 Å². The number of hydrogen-bond donors (Lipinski definition) is 1. The lowest BCUT2D eigenvalue weighted by molar-refractivity contribution is 0.0937. The normalized spacial score (nSPS) is 12.0. The summed E-state index contributed by atoms with van der Waals surface area (Å²) in [5, 5.41) is 11.9. The third-order valence-corrected chi connectivity index (χ3v) is 4.47. The van der Waals surface area contributed by atoms with Crippen molar-refractivity contribution in [3.63, 3.8) is 0 Å². The molecule has 0 aliphatic rings. The van der Waals surface area contributed by atoms with E-state index in [1.807, 2.05) is 13.8 Å². The summed E-state index contributed by atoms with van der Waals surface area (Å²) in [5.74, 6) is -0.426. The number of aromatic nitrogens is 4. The minimum atomic E-state index is -0.499. The van der Waals surface area contributed by atoms with Gasteiger partial charge in [0.05, 0.1) is 18.1 Å². The van der Waals surface area contributed by atoms with Crippen molar-refractivity contribution < 1.29 is 4.79 Å². The van der Waals surface area contributed by atoms with Gasteiger partial charge in [0.2, 0.25) is 0 Å². The molecule has 0 radical (unpaired) electrons. The molecule has 0 saturated heterocycles. The summed E-state index contributed by atoms with van der Waals surface area (Å²) < 4.78 is 2.76. The molecule has 1 N–H and O–H groups in total. The van der Waals surface area contributed by atoms with E-state index in [1.165, 1.54) is 16.9 Å². The van der Waals surface area contributed by atoms with Gasteiger partial charge in [-0.2, -0.15) is 14.9 Å². The Hall–Kier alpha value is -2.93. The third kappa shape index (κ3) is 4.09. The maximum absolute atomic E-state index is 12.9. The predicted molar refractivity (Wildman–Crippen MR) is 104 cm³/mol. The molecule has 0 unspecified atom stereocenters. The number of rotatable bonds is 5. The first-order chi connectivity index (χ1) is 12.9. The smallest absolute Gasteiger partial charge is 0.284 e. The van der Waals surface area contributed by atoms with Gasteiger partial charge in [-0.1, -0.05) is 30.7 Å². The Morgan fingerprint density at radius 2 is 2.00 bits per heavy atom. The number of amides is 1. The monoisotopic (exact) mass is 385 g/mol. The van der Waals surface area contributed by atoms with E-state index in [9.17, 15) is 9.59 Å². The van der Waals surface area contributed by atoms with E-state index in [0.717, 1.165) is 12.0 Å². The molecule has 0 bridgehead atoms. The lowest BCUT2D eigenvalue weighted by atomic mass is 10.1. The van der Waals surface area contributed by atoms with Crippen LogP contribution in [0, 0.1) is 0 Å². The molecule has 2 aromatic heterocycles. The second-order valence-corrected chi connectivity index (χ2v) is 6.76. The highest BCUT2D eigenvalue weighted by Crippen LogP contribution is 2.20. The molecule has 0 saturated carbocycles. The molecule has 3 aromatic rings. The molecular weight excluding hydrogens is 366 g/mol. The highest BCUT2D eigenvalue weighted by Gasteiger charge is 2.19. The minimum absolute atomic E-state index is 0.0269. The zero-order valence-electron chi connectivity index (χ0n) is 15.3. The van der Waals surface area contributed by atoms with E-state index in [2.05, 4.69) is 15.5 Å². The van der Waals surface area contributed by atoms with E-state index in [0.29, 0.717) is 16.4 Å². The second-order valence-electron chi connectivity index (χ2n) is 6.32. The van der Waals surface area contributed by atoms with Crippen molar-refractivity contribution in [1.82, 2.24) is 24.9 Å². The number of benzene rings is 1. The Labute approximate surface area is 161 Å². The summed E-state index contributed by atoms with van der Waals surface area (Å²) in [6.45, 7) is 3.85. The standard InChI is InChI=1S/C19H20ClN5O2/c1-4-12(2)22-18(26)16-9-17(13-5-7-14(20)8-6-13)23-25(19(16)27)15-10-21-24(3)11-15/h5-12H,4H2,1-3H3,(H,22,26)/t12-/m0/s1. The number of nitrogens with zero attached hydrogens (tertiary/aromatic N) is 4. The van der Waals surface area contributed by atoms with E-state index < -0.39 is 11.5 Å². The highest BCUT2D eigenvalue weighted by atomic mass is 35.5. The molecule has 0 spiro atoms. The van der Waals surface area contributed by atoms with Gasteiger partial charge in [0.1, 0.15) is 11.3 Å². The van der Waals surface area contributed by atoms with Crippen LogP contribution in [0.4, 0.5) is 0 Å². The zero-order chi connectivity index (χ0) is 19.6. The van der Waals surface area contributed by atoms with Gasteiger partial charge in [0, 0.05) is 23.7 Å². The van der Waals surface area contributed by atoms with E-state index in [-0.39, 0.29) is 11.6 Å². The highest BCUT2D eigenvalue weighted by molar-refractivity contribution is 6.30. The molecule has 1 atom stereocenters. The van der Waals surface area contributed by atoms with Crippen LogP contribution in [0.2, 0.25) is 5.02 Å². The van der Waals surface area contributed by atoms with Crippen LogP contribution >= 0.6 is 11.6 Å². The Balaban J connectivity index is 2.17. The Morgan fingerprint density at radius 3 is 2.59 bits per heavy atom. The quantitative estimate of drug-likeness (QED) is 0.732. The van der Waals surface area contributed by atoms with Gasteiger partial charge < -0.3 is 5.32 Å². The summed E-state index contributed by atoms with van der Waals surface area (Å²) >= 11 is 5.96. The van der Waals surface area contributed by atoms with Gasteiger partial charge in [-0.25, -0.2) is 0 Å². The fourth-order valence-electron chi connectivity index (χ4n) is 2.52. The maximum atomic E-state index is 12.9. The van der Waals surface area contributed by atoms with E-state index in [4.69, 9.17) is 11.6 Å². The average molecular weight is 386 g/mol. The van der Waals surface area contributed by atoms with Crippen molar-refractivity contribution in [3.8, 4) is 16.9 Å². The number of carbonyl (C=O) groups excluding carboxylic acids is 1. The van der Waals surface area contributed by atoms with Crippen LogP contribution in [-0.2, 0) is 7.05 Å². The number of halogens is 1. The Kier molecular flexibility index (Phi) is 5.41. The van der Waals surface area contributed by atoms with Crippen LogP contribution in [0.1, 0.15) is 30.6 Å². The van der Waals surface area contributed by atoms with Crippen molar-refractivity contribution in [2.75, 3.05) is 0 Å². The van der Waals surface area contributed by atoms with Crippen LogP contribution in [-0.4, -0.2) is 31.5 Å². The summed E-state index contributed by atoms with van der Waals surface area (Å²) in [4.78, 5) is 25.6. The fourth-order valence-corrected chi connectivity index (χ4v) is 2.64. The van der Waals surface area contributed by atoms with E-state index >= 15 is 0 Å². The van der Waals surface area contributed by atoms with Gasteiger partial charge in [-0.05, 0) is 31.5 Å². The Morgan fingerprint density at radius 1 is 1.30 bits per heavy atom. The van der Waals surface area contributed by atoms with Gasteiger partial charge in [-0.3, -0.25) is 14.3 Å². The lowest BCUT2D eigenvalue weighted by Crippen LogP contribution is -2.37. The summed E-state index contributed by atoms with van der Waals surface area (Å²) in [6, 6.07) is 8.51. The van der Waals surface area contributed by atoms with Gasteiger partial charge in [0.15, 0.2) is 0 Å². The second kappa shape index (κ2) is 7.75. The van der Waals surface area contributed by atoms with Crippen LogP contribution in [0.15, 0.2) is 47.5 Å². The van der Waals surface area contributed by atoms with Gasteiger partial charge in [0.25, 0.3) is 11.5 Å². The summed E-state index contributed by atoms with van der Waals surface area (Å²) in [5.41, 5.74) is 1.25. The van der Waals surface area contributed by atoms with Crippen molar-refractivity contribution in [3.05, 3.63) is 63.7 Å². The molecule has 1 amide bonds. The van der Waals surface area contributed by atoms with Crippen molar-refractivity contribution >= 4 is 17.5 Å².